The lowest BCUT2D eigenvalue weighted by Crippen LogP contribution is -2.02. The normalized spacial score (nSPS) is 10.7. The van der Waals surface area contributed by atoms with E-state index in [1.165, 1.54) is 0 Å². The van der Waals surface area contributed by atoms with Crippen molar-refractivity contribution in [3.05, 3.63) is 111 Å². The molecule has 0 aliphatic rings. The van der Waals surface area contributed by atoms with E-state index in [2.05, 4.69) is 75.9 Å². The number of anilines is 2. The van der Waals surface area contributed by atoms with Gasteiger partial charge in [-0.15, -0.1) is 0 Å². The van der Waals surface area contributed by atoms with Crippen molar-refractivity contribution in [2.45, 2.75) is 0 Å². The highest BCUT2D eigenvalue weighted by molar-refractivity contribution is 9.10. The highest BCUT2D eigenvalue weighted by Crippen LogP contribution is 2.61. The third kappa shape index (κ3) is 9.42. The van der Waals surface area contributed by atoms with Gasteiger partial charge < -0.3 is 10.4 Å². The molecule has 0 aliphatic carbocycles. The van der Waals surface area contributed by atoms with E-state index in [9.17, 15) is 9.36 Å². The van der Waals surface area contributed by atoms with Gasteiger partial charge in [0.05, 0.1) is 27.3 Å². The van der Waals surface area contributed by atoms with Crippen LogP contribution in [0.25, 0.3) is 21.8 Å². The van der Waals surface area contributed by atoms with Crippen LogP contribution in [0.15, 0.2) is 99.9 Å². The van der Waals surface area contributed by atoms with Gasteiger partial charge in [-0.25, -0.2) is 9.78 Å². The summed E-state index contributed by atoms with van der Waals surface area (Å²) in [5, 5.41) is 11.6. The highest BCUT2D eigenvalue weighted by Gasteiger charge is 2.09. The molecule has 0 saturated carbocycles. The molecule has 4 aromatic carbocycles. The zero-order valence-corrected chi connectivity index (χ0v) is 26.2. The van der Waals surface area contributed by atoms with Gasteiger partial charge in [0.2, 0.25) is 0 Å². The number of nitrogens with zero attached hydrogens (tertiary/aromatic N) is 1. The molecule has 5 aromatic rings. The summed E-state index contributed by atoms with van der Waals surface area (Å²) in [6.45, 7) is 0. The van der Waals surface area contributed by atoms with Crippen LogP contribution in [0, 0.1) is 0 Å². The summed E-state index contributed by atoms with van der Waals surface area (Å²) in [6, 6.07) is 28.2. The first kappa shape index (κ1) is 30.7. The molecule has 1 heterocycles. The third-order valence-electron chi connectivity index (χ3n) is 4.86. The number of aromatic nitrogens is 1. The number of para-hydroxylation sites is 2. The second-order valence-electron chi connectivity index (χ2n) is 7.49. The van der Waals surface area contributed by atoms with Crippen molar-refractivity contribution in [3.8, 4) is 0 Å². The van der Waals surface area contributed by atoms with Crippen LogP contribution < -0.4 is 5.32 Å². The van der Waals surface area contributed by atoms with Crippen LogP contribution in [0.3, 0.4) is 0 Å². The second-order valence-corrected chi connectivity index (χ2v) is 16.3. The van der Waals surface area contributed by atoms with E-state index < -0.39 is 11.2 Å². The molecule has 1 aromatic heterocycles. The minimum absolute atomic E-state index is 0.260. The molecule has 0 aliphatic heterocycles. The van der Waals surface area contributed by atoms with Crippen molar-refractivity contribution in [1.29, 1.82) is 0 Å². The van der Waals surface area contributed by atoms with Gasteiger partial charge in [0.1, 0.15) is 0 Å². The Kier molecular flexibility index (Phi) is 11.3. The van der Waals surface area contributed by atoms with Crippen molar-refractivity contribution in [1.82, 2.24) is 4.98 Å². The molecule has 2 N–H and O–H groups in total. The van der Waals surface area contributed by atoms with Crippen LogP contribution in [0.1, 0.15) is 10.4 Å². The average molecular weight is 738 g/mol. The number of aromatic carboxylic acids is 1. The first-order valence-corrected chi connectivity index (χ1v) is 17.0. The number of hydrogen-bond donors (Lipinski definition) is 2. The smallest absolute Gasteiger partial charge is 0.339 e. The Morgan fingerprint density at radius 1 is 0.789 bits per heavy atom. The lowest BCUT2D eigenvalue weighted by atomic mass is 10.1. The third-order valence-corrected chi connectivity index (χ3v) is 6.29. The summed E-state index contributed by atoms with van der Waals surface area (Å²) >= 11 is 27.0. The number of nitrogens with one attached hydrogen (secondary N) is 1. The molecule has 0 unspecified atom stereocenters. The molecule has 0 bridgehead atoms. The molecule has 0 fully saturated rings. The van der Waals surface area contributed by atoms with Gasteiger partial charge in [-0.2, -0.15) is 0 Å². The molecule has 196 valence electrons. The minimum atomic E-state index is -3.22. The van der Waals surface area contributed by atoms with Gasteiger partial charge in [0.25, 0.3) is 0 Å². The van der Waals surface area contributed by atoms with Crippen LogP contribution >= 0.6 is 82.4 Å². The molecule has 0 atom stereocenters. The van der Waals surface area contributed by atoms with Gasteiger partial charge in [-0.05, 0) is 94.4 Å². The maximum absolute atomic E-state index is 11.0. The number of carboxylic acid groups (broad SMARTS) is 1. The lowest BCUT2D eigenvalue weighted by Gasteiger charge is -2.09. The van der Waals surface area contributed by atoms with Crippen LogP contribution in [-0.2, 0) is 4.57 Å². The molecular formula is C26H17Br2Cl4N2O3P. The molecule has 38 heavy (non-hydrogen) atoms. The fourth-order valence-corrected chi connectivity index (χ4v) is 4.22. The van der Waals surface area contributed by atoms with E-state index in [-0.39, 0.29) is 5.56 Å². The summed E-state index contributed by atoms with van der Waals surface area (Å²) in [5.41, 5.74) is 3.55. The monoisotopic (exact) mass is 734 g/mol. The number of halogens is 6. The van der Waals surface area contributed by atoms with Crippen LogP contribution in [0.4, 0.5) is 11.4 Å². The van der Waals surface area contributed by atoms with E-state index in [0.29, 0.717) is 5.69 Å². The van der Waals surface area contributed by atoms with Crippen molar-refractivity contribution >= 4 is 122 Å². The van der Waals surface area contributed by atoms with Gasteiger partial charge in [-0.1, -0.05) is 73.8 Å². The molecule has 5 nitrogen and oxygen atoms in total. The van der Waals surface area contributed by atoms with E-state index in [4.69, 9.17) is 16.7 Å². The Morgan fingerprint density at radius 3 is 2.00 bits per heavy atom. The van der Waals surface area contributed by atoms with Crippen molar-refractivity contribution in [3.63, 3.8) is 0 Å². The molecule has 5 rings (SSSR count). The Balaban J connectivity index is 0.000000180. The predicted octanol–water partition coefficient (Wildman–Crippen LogP) is 11.5. The van der Waals surface area contributed by atoms with Gasteiger partial charge in [0.15, 0.2) is 0 Å². The summed E-state index contributed by atoms with van der Waals surface area (Å²) in [4.78, 5) is 15.6. The first-order valence-electron chi connectivity index (χ1n) is 10.6. The van der Waals surface area contributed by atoms with Gasteiger partial charge >= 0.3 is 11.2 Å². The zero-order chi connectivity index (χ0) is 27.9. The first-order chi connectivity index (χ1) is 17.9. The van der Waals surface area contributed by atoms with Crippen LogP contribution in [0.5, 0.6) is 0 Å². The second kappa shape index (κ2) is 14.0. The quantitative estimate of drug-likeness (QED) is 0.142. The lowest BCUT2D eigenvalue weighted by molar-refractivity contribution is 0.0698. The largest absolute Gasteiger partial charge is 0.478 e. The Bertz CT molecular complexity index is 1620. The highest BCUT2D eigenvalue weighted by atomic mass is 79.9. The maximum Gasteiger partial charge on any atom is 0.339 e. The minimum Gasteiger partial charge on any atom is -0.478 e. The van der Waals surface area contributed by atoms with E-state index in [1.54, 1.807) is 24.3 Å². The Morgan fingerprint density at radius 2 is 1.34 bits per heavy atom. The number of carboxylic acids is 1. The number of fused-ring (bicyclic) bond motifs is 2. The van der Waals surface area contributed by atoms with Crippen molar-refractivity contribution in [2.75, 3.05) is 5.32 Å². The fraction of sp³-hybridized carbons (Fsp3) is 0. The number of benzene rings is 4. The predicted molar refractivity (Wildman–Crippen MR) is 168 cm³/mol. The maximum atomic E-state index is 11.0. The summed E-state index contributed by atoms with van der Waals surface area (Å²) in [7, 11) is 0. The van der Waals surface area contributed by atoms with Gasteiger partial charge in [0, 0.05) is 25.4 Å². The van der Waals surface area contributed by atoms with Crippen molar-refractivity contribution < 1.29 is 14.5 Å². The number of pyridine rings is 1. The Labute approximate surface area is 255 Å². The summed E-state index contributed by atoms with van der Waals surface area (Å²) < 4.78 is 11.5. The van der Waals surface area contributed by atoms with E-state index >= 15 is 0 Å². The van der Waals surface area contributed by atoms with Crippen LogP contribution in [0.2, 0.25) is 5.02 Å². The zero-order valence-electron chi connectivity index (χ0n) is 19.1. The number of carbonyl (C=O) groups is 1. The number of hydrogen-bond acceptors (Lipinski definition) is 4. The molecule has 0 amide bonds. The molecule has 0 spiro atoms. The fourth-order valence-electron chi connectivity index (χ4n) is 3.28. The summed E-state index contributed by atoms with van der Waals surface area (Å²) in [6.07, 6.45) is 0. The topological polar surface area (TPSA) is 79.3 Å². The SMILES string of the molecule is Clc1c2ccccc2nc2ccc(Br)cc12.O=C(O)c1ccccc1Nc1ccc(Br)cc1.O=P(Cl)(Cl)Cl. The standard InChI is InChI=1S/C13H7BrClN.C13H10BrNO2.Cl3OP/c14-8-5-6-12-10(7-8)13(15)9-3-1-2-4-11(9)16-12;14-9-5-7-10(8-6-9)15-12-4-2-1-3-11(12)13(16)17;1-5(2,3)4/h1-7H;1-8,15H,(H,16,17);. The Hall–Kier alpha value is -1.83. The van der Waals surface area contributed by atoms with Crippen LogP contribution in [-0.4, -0.2) is 16.1 Å². The molecule has 12 heteroatoms. The van der Waals surface area contributed by atoms with Gasteiger partial charge in [-0.3, -0.25) is 4.57 Å². The van der Waals surface area contributed by atoms with Crippen molar-refractivity contribution in [2.24, 2.45) is 0 Å². The van der Waals surface area contributed by atoms with E-state index in [1.807, 2.05) is 66.7 Å². The molecule has 0 saturated heterocycles. The molecule has 0 radical (unpaired) electrons. The average Bonchev–Trinajstić information content (AvgIpc) is 2.86. The summed E-state index contributed by atoms with van der Waals surface area (Å²) in [5.74, 6) is -0.940. The number of rotatable bonds is 3. The van der Waals surface area contributed by atoms with E-state index in [0.717, 1.165) is 41.5 Å². The molecular weight excluding hydrogens is 721 g/mol.